The summed E-state index contributed by atoms with van der Waals surface area (Å²) in [6.45, 7) is 12.3. The second kappa shape index (κ2) is 13.6. The van der Waals surface area contributed by atoms with Crippen LogP contribution in [-0.2, 0) is 26.2 Å². The molecule has 272 valence electrons. The van der Waals surface area contributed by atoms with Gasteiger partial charge in [-0.25, -0.2) is 18.3 Å². The summed E-state index contributed by atoms with van der Waals surface area (Å²) in [4.78, 5) is 0. The smallest absolute Gasteiger partial charge is 0.230 e. The normalized spacial score (nSPS) is 11.9. The molecule has 4 nitrogen and oxygen atoms in total. The molecule has 0 fully saturated rings. The van der Waals surface area contributed by atoms with Gasteiger partial charge in [-0.3, -0.25) is 0 Å². The van der Waals surface area contributed by atoms with Crippen LogP contribution in [0, 0.1) is 27.7 Å². The highest BCUT2D eigenvalue weighted by molar-refractivity contribution is 6.03. The van der Waals surface area contributed by atoms with E-state index in [4.69, 9.17) is 0 Å². The number of nitrogens with zero attached hydrogens (tertiary/aromatic N) is 4. The number of aromatic nitrogens is 4. The lowest BCUT2D eigenvalue weighted by atomic mass is 9.96. The molecule has 8 aromatic carbocycles. The fourth-order valence-corrected chi connectivity index (χ4v) is 8.99. The van der Waals surface area contributed by atoms with Gasteiger partial charge in [0.05, 0.1) is 0 Å². The largest absolute Gasteiger partial charge is 0.244 e. The highest BCUT2D eigenvalue weighted by atomic mass is 15.1. The zero-order valence-electron chi connectivity index (χ0n) is 32.6. The van der Waals surface area contributed by atoms with Gasteiger partial charge in [0.25, 0.3) is 0 Å². The van der Waals surface area contributed by atoms with Crippen molar-refractivity contribution in [1.29, 1.82) is 0 Å². The molecule has 2 aromatic heterocycles. The maximum Gasteiger partial charge on any atom is 0.244 e. The third kappa shape index (κ3) is 5.93. The Kier molecular flexibility index (Phi) is 8.29. The molecule has 10 aromatic rings. The van der Waals surface area contributed by atoms with Gasteiger partial charge in [-0.05, 0) is 89.3 Å². The summed E-state index contributed by atoms with van der Waals surface area (Å²) in [7, 11) is 0. The lowest BCUT2D eigenvalue weighted by Crippen LogP contribution is -2.35. The number of benzene rings is 8. The molecular weight excluding hydrogens is 681 g/mol. The second-order valence-corrected chi connectivity index (χ2v) is 15.7. The van der Waals surface area contributed by atoms with E-state index in [0.717, 1.165) is 26.2 Å². The molecule has 4 heteroatoms. The van der Waals surface area contributed by atoms with Gasteiger partial charge < -0.3 is 0 Å². The molecule has 0 aliphatic carbocycles. The van der Waals surface area contributed by atoms with Crippen LogP contribution in [0.25, 0.3) is 53.9 Å². The summed E-state index contributed by atoms with van der Waals surface area (Å²) in [6.07, 6.45) is 4.63. The van der Waals surface area contributed by atoms with Crippen molar-refractivity contribution in [3.05, 3.63) is 203 Å². The minimum atomic E-state index is 0.828. The molecular formula is C52H46N4+2. The molecule has 0 aliphatic rings. The van der Waals surface area contributed by atoms with Crippen LogP contribution in [0.4, 0.5) is 0 Å². The lowest BCUT2D eigenvalue weighted by molar-refractivity contribution is -0.693. The van der Waals surface area contributed by atoms with E-state index in [1.165, 1.54) is 98.9 Å². The Hall–Kier alpha value is -6.52. The van der Waals surface area contributed by atoms with Crippen LogP contribution < -0.4 is 9.13 Å². The zero-order chi connectivity index (χ0) is 37.9. The molecule has 0 N–H and O–H groups in total. The first-order valence-electron chi connectivity index (χ1n) is 19.8. The van der Waals surface area contributed by atoms with E-state index < -0.39 is 0 Å². The van der Waals surface area contributed by atoms with E-state index >= 15 is 0 Å². The summed E-state index contributed by atoms with van der Waals surface area (Å²) in [5.41, 5.74) is 10.6. The molecule has 56 heavy (non-hydrogen) atoms. The Balaban J connectivity index is 0.926. The fourth-order valence-electron chi connectivity index (χ4n) is 8.99. The van der Waals surface area contributed by atoms with Crippen LogP contribution in [0.1, 0.15) is 45.0 Å². The molecule has 0 bridgehead atoms. The first kappa shape index (κ1) is 34.0. The van der Waals surface area contributed by atoms with Crippen molar-refractivity contribution in [1.82, 2.24) is 9.13 Å². The lowest BCUT2D eigenvalue weighted by Gasteiger charge is -2.10. The Morgan fingerprint density at radius 3 is 1.11 bits per heavy atom. The molecule has 0 radical (unpaired) electrons. The Morgan fingerprint density at radius 2 is 0.732 bits per heavy atom. The highest BCUT2D eigenvalue weighted by Gasteiger charge is 2.21. The Labute approximate surface area is 328 Å². The average Bonchev–Trinajstić information content (AvgIpc) is 3.64. The van der Waals surface area contributed by atoms with Crippen LogP contribution in [0.2, 0.25) is 0 Å². The topological polar surface area (TPSA) is 17.6 Å². The standard InChI is InChI=1S/C52H46N4/c1-35-37(3)55(31-51-47-17-9-5-13-42(47)27-43-14-6-10-18-48(43)51)33-53(35)29-39-21-23-41-24-22-40(26-46(41)25-39)30-54-34-56(38(4)36(54)2)32-52-49-19-11-7-15-44(49)28-45-16-8-12-20-50(45)52/h5-28,33-34H,29-32H2,1-4H3/q+2. The van der Waals surface area contributed by atoms with E-state index in [9.17, 15) is 0 Å². The van der Waals surface area contributed by atoms with Crippen molar-refractivity contribution in [2.24, 2.45) is 0 Å². The summed E-state index contributed by atoms with van der Waals surface area (Å²) >= 11 is 0. The molecule has 0 spiro atoms. The van der Waals surface area contributed by atoms with Crippen LogP contribution in [-0.4, -0.2) is 9.13 Å². The van der Waals surface area contributed by atoms with Gasteiger partial charge in [-0.1, -0.05) is 121 Å². The van der Waals surface area contributed by atoms with Gasteiger partial charge in [0, 0.05) is 38.8 Å². The molecule has 0 saturated carbocycles. The number of hydrogen-bond donors (Lipinski definition) is 0. The van der Waals surface area contributed by atoms with Crippen LogP contribution in [0.3, 0.4) is 0 Å². The number of rotatable bonds is 8. The average molecular weight is 727 g/mol. The number of fused-ring (bicyclic) bond motifs is 5. The van der Waals surface area contributed by atoms with Crippen LogP contribution >= 0.6 is 0 Å². The van der Waals surface area contributed by atoms with Gasteiger partial charge in [0.15, 0.2) is 0 Å². The van der Waals surface area contributed by atoms with E-state index in [2.05, 4.69) is 204 Å². The van der Waals surface area contributed by atoms with Crippen LogP contribution in [0.5, 0.6) is 0 Å². The van der Waals surface area contributed by atoms with Crippen molar-refractivity contribution in [3.63, 3.8) is 0 Å². The SMILES string of the molecule is Cc1c(C)[n+](Cc2ccc3ccc(C[n+]4cn(Cc5c6ccccc6cc6ccccc56)c(C)c4C)cc3c2)cn1Cc1c2ccccc2cc2ccccc12. The van der Waals surface area contributed by atoms with Gasteiger partial charge in [-0.2, -0.15) is 0 Å². The zero-order valence-corrected chi connectivity index (χ0v) is 32.6. The second-order valence-electron chi connectivity index (χ2n) is 15.7. The number of hydrogen-bond acceptors (Lipinski definition) is 0. The fraction of sp³-hybridized carbons (Fsp3) is 0.154. The summed E-state index contributed by atoms with van der Waals surface area (Å²) < 4.78 is 9.69. The first-order valence-corrected chi connectivity index (χ1v) is 19.8. The summed E-state index contributed by atoms with van der Waals surface area (Å²) in [5, 5.41) is 13.0. The van der Waals surface area contributed by atoms with Crippen molar-refractivity contribution in [2.75, 3.05) is 0 Å². The summed E-state index contributed by atoms with van der Waals surface area (Å²) in [6, 6.07) is 53.7. The van der Waals surface area contributed by atoms with E-state index in [1.807, 2.05) is 0 Å². The van der Waals surface area contributed by atoms with Gasteiger partial charge in [0.1, 0.15) is 49.0 Å². The van der Waals surface area contributed by atoms with E-state index in [-0.39, 0.29) is 0 Å². The summed E-state index contributed by atoms with van der Waals surface area (Å²) in [5.74, 6) is 0. The van der Waals surface area contributed by atoms with E-state index in [0.29, 0.717) is 0 Å². The molecule has 0 amide bonds. The van der Waals surface area contributed by atoms with Crippen molar-refractivity contribution in [2.45, 2.75) is 53.9 Å². The molecule has 0 unspecified atom stereocenters. The molecule has 2 heterocycles. The molecule has 0 saturated heterocycles. The first-order chi connectivity index (χ1) is 27.4. The van der Waals surface area contributed by atoms with Crippen molar-refractivity contribution < 1.29 is 9.13 Å². The van der Waals surface area contributed by atoms with Crippen molar-refractivity contribution in [3.8, 4) is 0 Å². The minimum absolute atomic E-state index is 0.828. The third-order valence-electron chi connectivity index (χ3n) is 12.4. The molecule has 0 aliphatic heterocycles. The monoisotopic (exact) mass is 726 g/mol. The highest BCUT2D eigenvalue weighted by Crippen LogP contribution is 2.31. The van der Waals surface area contributed by atoms with Crippen LogP contribution in [0.15, 0.2) is 158 Å². The molecule has 10 rings (SSSR count). The quantitative estimate of drug-likeness (QED) is 0.110. The number of imidazole rings is 2. The van der Waals surface area contributed by atoms with Gasteiger partial charge >= 0.3 is 0 Å². The maximum absolute atomic E-state index is 2.43. The third-order valence-corrected chi connectivity index (χ3v) is 12.4. The van der Waals surface area contributed by atoms with Gasteiger partial charge in [0.2, 0.25) is 12.7 Å². The van der Waals surface area contributed by atoms with E-state index in [1.54, 1.807) is 0 Å². The predicted molar refractivity (Wildman–Crippen MR) is 231 cm³/mol. The maximum atomic E-state index is 2.43. The Bertz CT molecular complexity index is 2830. The Morgan fingerprint density at radius 1 is 0.375 bits per heavy atom. The minimum Gasteiger partial charge on any atom is -0.230 e. The predicted octanol–water partition coefficient (Wildman–Crippen LogP) is 11.1. The molecule has 0 atom stereocenters. The van der Waals surface area contributed by atoms with Crippen molar-refractivity contribution >= 4 is 53.9 Å². The van der Waals surface area contributed by atoms with Gasteiger partial charge in [-0.15, -0.1) is 0 Å².